The van der Waals surface area contributed by atoms with E-state index in [4.69, 9.17) is 4.74 Å². The van der Waals surface area contributed by atoms with E-state index in [0.29, 0.717) is 31.2 Å². The molecule has 3 saturated heterocycles. The zero-order chi connectivity index (χ0) is 19.7. The van der Waals surface area contributed by atoms with E-state index in [2.05, 4.69) is 57.2 Å². The Labute approximate surface area is 172 Å². The Morgan fingerprint density at radius 1 is 1.03 bits per heavy atom. The summed E-state index contributed by atoms with van der Waals surface area (Å²) in [5.74, 6) is 0.344. The van der Waals surface area contributed by atoms with Gasteiger partial charge in [0.15, 0.2) is 0 Å². The number of fused-ring (bicyclic) bond motifs is 2. The Bertz CT molecular complexity index is 838. The second kappa shape index (κ2) is 7.88. The van der Waals surface area contributed by atoms with Crippen molar-refractivity contribution in [3.63, 3.8) is 0 Å². The number of hydrogen-bond acceptors (Lipinski definition) is 4. The molecule has 3 aliphatic rings. The van der Waals surface area contributed by atoms with Gasteiger partial charge in [0.2, 0.25) is 5.91 Å². The standard InChI is InChI=1S/C24H29N3O2/c28-23(26-12-14-29-15-13-26)24(16-19-4-2-1-3-5-19)17-21-6-7-22(24)27(21)18-20-8-10-25-11-9-20/h1-5,8-11,21-22H,6-7,12-18H2/t21-,22+,24+/m1/s1. The molecule has 152 valence electrons. The van der Waals surface area contributed by atoms with Crippen LogP contribution in [0.1, 0.15) is 30.4 Å². The van der Waals surface area contributed by atoms with Gasteiger partial charge in [0.1, 0.15) is 0 Å². The van der Waals surface area contributed by atoms with E-state index in [1.165, 1.54) is 17.5 Å². The van der Waals surface area contributed by atoms with Gasteiger partial charge in [-0.1, -0.05) is 30.3 Å². The zero-order valence-corrected chi connectivity index (χ0v) is 16.9. The first-order valence-electron chi connectivity index (χ1n) is 10.8. The quantitative estimate of drug-likeness (QED) is 0.786. The first-order valence-corrected chi connectivity index (χ1v) is 10.8. The molecule has 1 aromatic carbocycles. The molecular weight excluding hydrogens is 362 g/mol. The van der Waals surface area contributed by atoms with Gasteiger partial charge in [0.25, 0.3) is 0 Å². The molecule has 1 amide bonds. The minimum Gasteiger partial charge on any atom is -0.378 e. The zero-order valence-electron chi connectivity index (χ0n) is 16.9. The molecule has 2 bridgehead atoms. The Morgan fingerprint density at radius 3 is 2.55 bits per heavy atom. The second-order valence-corrected chi connectivity index (χ2v) is 8.70. The highest BCUT2D eigenvalue weighted by Crippen LogP contribution is 2.53. The third-order valence-electron chi connectivity index (χ3n) is 7.08. The molecular formula is C24H29N3O2. The van der Waals surface area contributed by atoms with Crippen molar-refractivity contribution in [2.24, 2.45) is 5.41 Å². The fraction of sp³-hybridized carbons (Fsp3) is 0.500. The molecule has 0 unspecified atom stereocenters. The molecule has 5 rings (SSSR count). The summed E-state index contributed by atoms with van der Waals surface area (Å²) < 4.78 is 5.52. The molecule has 0 spiro atoms. The van der Waals surface area contributed by atoms with Crippen molar-refractivity contribution in [1.29, 1.82) is 0 Å². The minimum absolute atomic E-state index is 0.302. The summed E-state index contributed by atoms with van der Waals surface area (Å²) in [5.41, 5.74) is 2.23. The summed E-state index contributed by atoms with van der Waals surface area (Å²) in [6.07, 6.45) is 7.83. The lowest BCUT2D eigenvalue weighted by Crippen LogP contribution is -2.54. The SMILES string of the molecule is O=C(N1CCOCC1)[C@@]1(Cc2ccccc2)C[C@H]2CC[C@@H]1N2Cc1ccncc1. The molecule has 3 aliphatic heterocycles. The normalized spacial score (nSPS) is 29.3. The molecule has 29 heavy (non-hydrogen) atoms. The van der Waals surface area contributed by atoms with Crippen LogP contribution in [0.15, 0.2) is 54.9 Å². The molecule has 0 radical (unpaired) electrons. The molecule has 0 saturated carbocycles. The first kappa shape index (κ1) is 18.8. The van der Waals surface area contributed by atoms with Crippen LogP contribution in [-0.2, 0) is 22.5 Å². The van der Waals surface area contributed by atoms with Crippen LogP contribution in [0.5, 0.6) is 0 Å². The van der Waals surface area contributed by atoms with E-state index in [-0.39, 0.29) is 5.41 Å². The topological polar surface area (TPSA) is 45.7 Å². The number of rotatable bonds is 5. The average molecular weight is 392 g/mol. The lowest BCUT2D eigenvalue weighted by atomic mass is 9.69. The van der Waals surface area contributed by atoms with Crippen LogP contribution in [0.25, 0.3) is 0 Å². The van der Waals surface area contributed by atoms with Crippen LogP contribution >= 0.6 is 0 Å². The molecule has 0 aliphatic carbocycles. The van der Waals surface area contributed by atoms with Crippen LogP contribution in [-0.4, -0.2) is 59.1 Å². The van der Waals surface area contributed by atoms with Gasteiger partial charge >= 0.3 is 0 Å². The molecule has 3 atom stereocenters. The highest BCUT2D eigenvalue weighted by Gasteiger charge is 2.60. The number of carbonyl (C=O) groups is 1. The van der Waals surface area contributed by atoms with Gasteiger partial charge in [0, 0.05) is 44.1 Å². The van der Waals surface area contributed by atoms with Crippen molar-refractivity contribution in [3.05, 3.63) is 66.0 Å². The summed E-state index contributed by atoms with van der Waals surface area (Å²) in [6, 6.07) is 15.6. The van der Waals surface area contributed by atoms with E-state index < -0.39 is 0 Å². The Hall–Kier alpha value is -2.24. The van der Waals surface area contributed by atoms with E-state index in [1.807, 2.05) is 12.4 Å². The third kappa shape index (κ3) is 3.47. The monoisotopic (exact) mass is 391 g/mol. The highest BCUT2D eigenvalue weighted by atomic mass is 16.5. The summed E-state index contributed by atoms with van der Waals surface area (Å²) in [7, 11) is 0. The molecule has 5 nitrogen and oxygen atoms in total. The predicted molar refractivity (Wildman–Crippen MR) is 111 cm³/mol. The smallest absolute Gasteiger partial charge is 0.230 e. The van der Waals surface area contributed by atoms with E-state index in [9.17, 15) is 4.79 Å². The van der Waals surface area contributed by atoms with Crippen molar-refractivity contribution in [3.8, 4) is 0 Å². The predicted octanol–water partition coefficient (Wildman–Crippen LogP) is 2.91. The number of aromatic nitrogens is 1. The number of amides is 1. The van der Waals surface area contributed by atoms with Gasteiger partial charge in [-0.05, 0) is 48.9 Å². The second-order valence-electron chi connectivity index (χ2n) is 8.70. The molecule has 1 aromatic heterocycles. The first-order chi connectivity index (χ1) is 14.3. The highest BCUT2D eigenvalue weighted by molar-refractivity contribution is 5.85. The molecule has 2 aromatic rings. The van der Waals surface area contributed by atoms with Crippen molar-refractivity contribution in [2.45, 2.75) is 44.3 Å². The third-order valence-corrected chi connectivity index (χ3v) is 7.08. The van der Waals surface area contributed by atoms with Crippen molar-refractivity contribution in [1.82, 2.24) is 14.8 Å². The number of carbonyl (C=O) groups excluding carboxylic acids is 1. The van der Waals surface area contributed by atoms with E-state index in [0.717, 1.165) is 38.9 Å². The maximum absolute atomic E-state index is 13.9. The van der Waals surface area contributed by atoms with Gasteiger partial charge in [-0.2, -0.15) is 0 Å². The molecule has 5 heteroatoms. The van der Waals surface area contributed by atoms with E-state index in [1.54, 1.807) is 0 Å². The fourth-order valence-electron chi connectivity index (χ4n) is 5.78. The molecule has 4 heterocycles. The molecule has 3 fully saturated rings. The summed E-state index contributed by atoms with van der Waals surface area (Å²) in [6.45, 7) is 3.66. The number of pyridine rings is 1. The fourth-order valence-corrected chi connectivity index (χ4v) is 5.78. The van der Waals surface area contributed by atoms with Crippen LogP contribution in [0.4, 0.5) is 0 Å². The number of benzene rings is 1. The molecule has 0 N–H and O–H groups in total. The Kier molecular flexibility index (Phi) is 5.10. The number of hydrogen-bond donors (Lipinski definition) is 0. The van der Waals surface area contributed by atoms with Crippen LogP contribution in [0.3, 0.4) is 0 Å². The number of morpholine rings is 1. The van der Waals surface area contributed by atoms with Crippen LogP contribution in [0.2, 0.25) is 0 Å². The number of nitrogens with zero attached hydrogens (tertiary/aromatic N) is 3. The lowest BCUT2D eigenvalue weighted by Gasteiger charge is -2.41. The minimum atomic E-state index is -0.325. The Morgan fingerprint density at radius 2 is 1.79 bits per heavy atom. The van der Waals surface area contributed by atoms with Crippen LogP contribution in [0, 0.1) is 5.41 Å². The summed E-state index contributed by atoms with van der Waals surface area (Å²) in [5, 5.41) is 0. The number of ether oxygens (including phenoxy) is 1. The van der Waals surface area contributed by atoms with Crippen molar-refractivity contribution >= 4 is 5.91 Å². The van der Waals surface area contributed by atoms with Gasteiger partial charge in [-0.3, -0.25) is 14.7 Å². The average Bonchev–Trinajstić information content (AvgIpc) is 3.30. The van der Waals surface area contributed by atoms with Gasteiger partial charge in [-0.25, -0.2) is 0 Å². The van der Waals surface area contributed by atoms with E-state index >= 15 is 0 Å². The van der Waals surface area contributed by atoms with Crippen molar-refractivity contribution in [2.75, 3.05) is 26.3 Å². The van der Waals surface area contributed by atoms with Gasteiger partial charge < -0.3 is 9.64 Å². The summed E-state index contributed by atoms with van der Waals surface area (Å²) >= 11 is 0. The summed E-state index contributed by atoms with van der Waals surface area (Å²) in [4.78, 5) is 22.8. The maximum Gasteiger partial charge on any atom is 0.230 e. The largest absolute Gasteiger partial charge is 0.378 e. The van der Waals surface area contributed by atoms with Gasteiger partial charge in [0.05, 0.1) is 18.6 Å². The Balaban J connectivity index is 1.46. The van der Waals surface area contributed by atoms with Crippen LogP contribution < -0.4 is 0 Å². The van der Waals surface area contributed by atoms with Crippen molar-refractivity contribution < 1.29 is 9.53 Å². The lowest BCUT2D eigenvalue weighted by molar-refractivity contribution is -0.148. The van der Waals surface area contributed by atoms with Gasteiger partial charge in [-0.15, -0.1) is 0 Å². The maximum atomic E-state index is 13.9.